The Labute approximate surface area is 241 Å². The third kappa shape index (κ3) is 6.68. The van der Waals surface area contributed by atoms with E-state index in [0.717, 1.165) is 48.9 Å². The first-order chi connectivity index (χ1) is 19.7. The van der Waals surface area contributed by atoms with E-state index in [9.17, 15) is 14.7 Å². The number of nitrogens with one attached hydrogen (secondary N) is 2. The zero-order chi connectivity index (χ0) is 29.0. The number of hydrogen-bond acceptors (Lipinski definition) is 4. The summed E-state index contributed by atoms with van der Waals surface area (Å²) in [7, 11) is 0. The van der Waals surface area contributed by atoms with E-state index < -0.39 is 0 Å². The molecule has 3 N–H and O–H groups in total. The van der Waals surface area contributed by atoms with Gasteiger partial charge in [-0.25, -0.2) is 4.79 Å². The maximum atomic E-state index is 13.2. The van der Waals surface area contributed by atoms with Gasteiger partial charge in [0.1, 0.15) is 5.75 Å². The molecule has 7 nitrogen and oxygen atoms in total. The molecule has 1 aliphatic rings. The molecule has 3 aromatic carbocycles. The molecule has 1 heterocycles. The number of anilines is 1. The molecule has 0 spiro atoms. The van der Waals surface area contributed by atoms with Crippen LogP contribution in [-0.4, -0.2) is 33.4 Å². The summed E-state index contributed by atoms with van der Waals surface area (Å²) in [6.45, 7) is 6.89. The number of phenols is 1. The van der Waals surface area contributed by atoms with E-state index in [-0.39, 0.29) is 29.0 Å². The Morgan fingerprint density at radius 1 is 0.951 bits per heavy atom. The second kappa shape index (κ2) is 12.0. The van der Waals surface area contributed by atoms with Gasteiger partial charge in [0.15, 0.2) is 0 Å². The molecule has 2 amide bonds. The lowest BCUT2D eigenvalue weighted by Crippen LogP contribution is -2.32. The molecule has 0 atom stereocenters. The number of amides is 2. The summed E-state index contributed by atoms with van der Waals surface area (Å²) in [4.78, 5) is 26.0. The van der Waals surface area contributed by atoms with Crippen LogP contribution in [0.3, 0.4) is 0 Å². The van der Waals surface area contributed by atoms with Gasteiger partial charge in [-0.1, -0.05) is 76.1 Å². The van der Waals surface area contributed by atoms with Crippen LogP contribution >= 0.6 is 0 Å². The topological polar surface area (TPSA) is 96.3 Å². The summed E-state index contributed by atoms with van der Waals surface area (Å²) in [5, 5.41) is 21.4. The highest BCUT2D eigenvalue weighted by atomic mass is 16.3. The standard InChI is InChI=1S/C34H38N4O3/c1-34(2,3)26-15-13-25(14-16-26)32(40)36-27-17-18-28(31(39)21-27)29-22-30(24-11-7-8-12-24)38(37-29)33(41)35-20-19-23-9-5-4-6-10-23/h4-6,9-10,13-18,21-22,24,39H,7-8,11-12,19-20H2,1-3H3,(H,35,41)(H,36,40). The Morgan fingerprint density at radius 3 is 2.32 bits per heavy atom. The van der Waals surface area contributed by atoms with Gasteiger partial charge >= 0.3 is 6.03 Å². The Morgan fingerprint density at radius 2 is 1.66 bits per heavy atom. The van der Waals surface area contributed by atoms with Gasteiger partial charge in [-0.05, 0) is 66.1 Å². The maximum Gasteiger partial charge on any atom is 0.342 e. The van der Waals surface area contributed by atoms with Crippen LogP contribution in [0.25, 0.3) is 11.3 Å². The molecule has 1 saturated carbocycles. The van der Waals surface area contributed by atoms with Gasteiger partial charge in [-0.15, -0.1) is 0 Å². The van der Waals surface area contributed by atoms with Crippen molar-refractivity contribution in [1.29, 1.82) is 0 Å². The van der Waals surface area contributed by atoms with Gasteiger partial charge in [0.05, 0.1) is 11.4 Å². The van der Waals surface area contributed by atoms with Gasteiger partial charge in [-0.3, -0.25) is 4.79 Å². The van der Waals surface area contributed by atoms with Crippen LogP contribution in [0, 0.1) is 0 Å². The van der Waals surface area contributed by atoms with Crippen molar-refractivity contribution in [2.75, 3.05) is 11.9 Å². The molecule has 0 bridgehead atoms. The number of carbonyl (C=O) groups is 2. The van der Waals surface area contributed by atoms with Gasteiger partial charge in [0.2, 0.25) is 0 Å². The maximum absolute atomic E-state index is 13.2. The highest BCUT2D eigenvalue weighted by molar-refractivity contribution is 6.04. The summed E-state index contributed by atoms with van der Waals surface area (Å²) in [6.07, 6.45) is 5.00. The number of benzene rings is 3. The zero-order valence-corrected chi connectivity index (χ0v) is 24.0. The predicted molar refractivity (Wildman–Crippen MR) is 163 cm³/mol. The highest BCUT2D eigenvalue weighted by Gasteiger charge is 2.26. The monoisotopic (exact) mass is 550 g/mol. The summed E-state index contributed by atoms with van der Waals surface area (Å²) in [5.74, 6) is -0.0166. The van der Waals surface area contributed by atoms with Crippen LogP contribution in [-0.2, 0) is 11.8 Å². The summed E-state index contributed by atoms with van der Waals surface area (Å²) in [5.41, 5.74) is 5.23. The molecule has 0 aliphatic heterocycles. The second-order valence-corrected chi connectivity index (χ2v) is 11.8. The SMILES string of the molecule is CC(C)(C)c1ccc(C(=O)Nc2ccc(-c3cc(C4CCCC4)n(C(=O)NCCc4ccccc4)n3)c(O)c2)cc1. The molecular weight excluding hydrogens is 512 g/mol. The fourth-order valence-electron chi connectivity index (χ4n) is 5.39. The third-order valence-electron chi connectivity index (χ3n) is 7.78. The zero-order valence-electron chi connectivity index (χ0n) is 24.0. The van der Waals surface area contributed by atoms with E-state index in [1.54, 1.807) is 12.1 Å². The lowest BCUT2D eigenvalue weighted by molar-refractivity contribution is 0.102. The lowest BCUT2D eigenvalue weighted by Gasteiger charge is -2.19. The first kappa shape index (κ1) is 28.1. The molecule has 41 heavy (non-hydrogen) atoms. The van der Waals surface area contributed by atoms with E-state index in [1.807, 2.05) is 60.7 Å². The number of nitrogens with zero attached hydrogens (tertiary/aromatic N) is 2. The van der Waals surface area contributed by atoms with Crippen molar-refractivity contribution < 1.29 is 14.7 Å². The number of aromatic hydroxyl groups is 1. The average Bonchev–Trinajstić information content (AvgIpc) is 3.64. The van der Waals surface area contributed by atoms with Crippen LogP contribution in [0.2, 0.25) is 0 Å². The molecule has 0 saturated heterocycles. The Bertz CT molecular complexity index is 1510. The van der Waals surface area contributed by atoms with Crippen molar-refractivity contribution in [2.45, 2.75) is 64.2 Å². The number of aromatic nitrogens is 2. The van der Waals surface area contributed by atoms with Gasteiger partial charge in [0, 0.05) is 35.3 Å². The summed E-state index contributed by atoms with van der Waals surface area (Å²) in [6, 6.07) is 24.2. The molecule has 1 fully saturated rings. The number of hydrogen-bond donors (Lipinski definition) is 3. The van der Waals surface area contributed by atoms with Gasteiger partial charge < -0.3 is 15.7 Å². The van der Waals surface area contributed by atoms with Crippen LogP contribution in [0.1, 0.15) is 79.6 Å². The van der Waals surface area contributed by atoms with Crippen LogP contribution in [0.4, 0.5) is 10.5 Å². The molecular formula is C34H38N4O3. The van der Waals surface area contributed by atoms with Crippen molar-refractivity contribution >= 4 is 17.6 Å². The first-order valence-corrected chi connectivity index (χ1v) is 14.4. The predicted octanol–water partition coefficient (Wildman–Crippen LogP) is 7.26. The van der Waals surface area contributed by atoms with Crippen molar-refractivity contribution in [1.82, 2.24) is 15.1 Å². The normalized spacial score (nSPS) is 13.7. The van der Waals surface area contributed by atoms with Crippen molar-refractivity contribution in [3.63, 3.8) is 0 Å². The number of rotatable bonds is 7. The van der Waals surface area contributed by atoms with Crippen molar-refractivity contribution in [2.24, 2.45) is 0 Å². The largest absolute Gasteiger partial charge is 0.507 e. The quantitative estimate of drug-likeness (QED) is 0.226. The van der Waals surface area contributed by atoms with Gasteiger partial charge in [0.25, 0.3) is 5.91 Å². The molecule has 7 heteroatoms. The van der Waals surface area contributed by atoms with E-state index in [0.29, 0.717) is 29.1 Å². The Kier molecular flexibility index (Phi) is 8.24. The van der Waals surface area contributed by atoms with Crippen LogP contribution in [0.5, 0.6) is 5.75 Å². The molecule has 212 valence electrons. The minimum Gasteiger partial charge on any atom is -0.507 e. The first-order valence-electron chi connectivity index (χ1n) is 14.4. The highest BCUT2D eigenvalue weighted by Crippen LogP contribution is 2.38. The Balaban J connectivity index is 1.32. The average molecular weight is 551 g/mol. The van der Waals surface area contributed by atoms with Crippen molar-refractivity contribution in [3.05, 3.63) is 101 Å². The molecule has 0 radical (unpaired) electrons. The van der Waals surface area contributed by atoms with Gasteiger partial charge in [-0.2, -0.15) is 9.78 Å². The molecule has 0 unspecified atom stereocenters. The summed E-state index contributed by atoms with van der Waals surface area (Å²) < 4.78 is 1.46. The lowest BCUT2D eigenvalue weighted by atomic mass is 9.87. The molecule has 5 rings (SSSR count). The minimum atomic E-state index is -0.269. The molecule has 1 aromatic heterocycles. The minimum absolute atomic E-state index is 0.00404. The van der Waals surface area contributed by atoms with E-state index >= 15 is 0 Å². The van der Waals surface area contributed by atoms with Crippen LogP contribution in [0.15, 0.2) is 78.9 Å². The number of phenolic OH excluding ortho intramolecular Hbond substituents is 1. The van der Waals surface area contributed by atoms with E-state index in [2.05, 4.69) is 36.5 Å². The smallest absolute Gasteiger partial charge is 0.342 e. The van der Waals surface area contributed by atoms with Crippen LogP contribution < -0.4 is 10.6 Å². The summed E-state index contributed by atoms with van der Waals surface area (Å²) >= 11 is 0. The van der Waals surface area contributed by atoms with E-state index in [4.69, 9.17) is 0 Å². The Hall–Kier alpha value is -4.39. The van der Waals surface area contributed by atoms with Crippen molar-refractivity contribution in [3.8, 4) is 17.0 Å². The number of carbonyl (C=O) groups excluding carboxylic acids is 2. The second-order valence-electron chi connectivity index (χ2n) is 11.8. The van der Waals surface area contributed by atoms with E-state index in [1.165, 1.54) is 10.7 Å². The fourth-order valence-corrected chi connectivity index (χ4v) is 5.39. The molecule has 1 aliphatic carbocycles. The third-order valence-corrected chi connectivity index (χ3v) is 7.78. The molecule has 4 aromatic rings. The fraction of sp³-hybridized carbons (Fsp3) is 0.324.